The van der Waals surface area contributed by atoms with Crippen LogP contribution >= 0.6 is 0 Å². The number of piperidine rings is 1. The smallest absolute Gasteiger partial charge is 0.313 e. The minimum absolute atomic E-state index is 0.135. The minimum Gasteiger partial charge on any atom is -0.390 e. The van der Waals surface area contributed by atoms with Crippen LogP contribution in [0.3, 0.4) is 0 Å². The monoisotopic (exact) mass is 372 g/mol. The number of carbonyl (C=O) groups is 3. The third-order valence-electron chi connectivity index (χ3n) is 4.46. The van der Waals surface area contributed by atoms with E-state index in [1.165, 1.54) is 23.4 Å². The molecule has 0 radical (unpaired) electrons. The fraction of sp³-hybridized carbons (Fsp3) is 0.389. The molecule has 2 heterocycles. The van der Waals surface area contributed by atoms with Gasteiger partial charge < -0.3 is 26.7 Å². The molecule has 0 bridgehead atoms. The Morgan fingerprint density at radius 1 is 1.33 bits per heavy atom. The predicted octanol–water partition coefficient (Wildman–Crippen LogP) is 0.499. The van der Waals surface area contributed by atoms with Gasteiger partial charge in [0.15, 0.2) is 0 Å². The molecule has 1 aromatic rings. The SMILES string of the molecule is CN/C(=C\C=N)[C@@H]1CC[C@@H](C)CN1C(=O)C(=O)Nc1cncc(C(N)=O)c1. The first kappa shape index (κ1) is 20.1. The summed E-state index contributed by atoms with van der Waals surface area (Å²) in [6, 6.07) is 1.06. The number of likely N-dealkylation sites (tertiary alicyclic amines) is 1. The maximum atomic E-state index is 12.8. The van der Waals surface area contributed by atoms with Gasteiger partial charge >= 0.3 is 11.8 Å². The number of amides is 3. The number of anilines is 1. The molecule has 1 aliphatic rings. The van der Waals surface area contributed by atoms with Gasteiger partial charge in [0.05, 0.1) is 23.5 Å². The van der Waals surface area contributed by atoms with Crippen LogP contribution in [-0.4, -0.2) is 53.5 Å². The van der Waals surface area contributed by atoms with E-state index in [1.54, 1.807) is 13.1 Å². The van der Waals surface area contributed by atoms with Crippen molar-refractivity contribution in [3.8, 4) is 0 Å². The summed E-state index contributed by atoms with van der Waals surface area (Å²) in [6.07, 6.45) is 6.95. The molecule has 0 spiro atoms. The Labute approximate surface area is 157 Å². The van der Waals surface area contributed by atoms with E-state index in [9.17, 15) is 14.4 Å². The molecule has 0 saturated carbocycles. The van der Waals surface area contributed by atoms with Crippen molar-refractivity contribution in [2.45, 2.75) is 25.8 Å². The first-order valence-corrected chi connectivity index (χ1v) is 8.62. The van der Waals surface area contributed by atoms with Gasteiger partial charge in [-0.3, -0.25) is 19.4 Å². The van der Waals surface area contributed by atoms with Crippen LogP contribution in [-0.2, 0) is 9.59 Å². The summed E-state index contributed by atoms with van der Waals surface area (Å²) >= 11 is 0. The van der Waals surface area contributed by atoms with Crippen LogP contribution in [0.2, 0.25) is 0 Å². The zero-order valence-electron chi connectivity index (χ0n) is 15.4. The number of nitrogens with zero attached hydrogens (tertiary/aromatic N) is 2. The zero-order valence-corrected chi connectivity index (χ0v) is 15.4. The molecular formula is C18H24N6O3. The van der Waals surface area contributed by atoms with Crippen molar-refractivity contribution in [2.75, 3.05) is 18.9 Å². The lowest BCUT2D eigenvalue weighted by Crippen LogP contribution is -2.52. The molecule has 1 aliphatic heterocycles. The van der Waals surface area contributed by atoms with Crippen molar-refractivity contribution < 1.29 is 14.4 Å². The van der Waals surface area contributed by atoms with Gasteiger partial charge in [-0.2, -0.15) is 0 Å². The Kier molecular flexibility index (Phi) is 6.64. The second-order valence-electron chi connectivity index (χ2n) is 6.48. The summed E-state index contributed by atoms with van der Waals surface area (Å²) in [5, 5.41) is 12.8. The lowest BCUT2D eigenvalue weighted by Gasteiger charge is -2.39. The number of nitrogens with two attached hydrogens (primary N) is 1. The summed E-state index contributed by atoms with van der Waals surface area (Å²) in [5.41, 5.74) is 6.26. The molecule has 2 rings (SSSR count). The molecule has 0 unspecified atom stereocenters. The van der Waals surface area contributed by atoms with Gasteiger partial charge in [0.25, 0.3) is 0 Å². The second kappa shape index (κ2) is 8.93. The van der Waals surface area contributed by atoms with Gasteiger partial charge in [-0.15, -0.1) is 0 Å². The molecule has 5 N–H and O–H groups in total. The highest BCUT2D eigenvalue weighted by molar-refractivity contribution is 6.39. The second-order valence-corrected chi connectivity index (χ2v) is 6.48. The average molecular weight is 372 g/mol. The highest BCUT2D eigenvalue weighted by atomic mass is 16.2. The van der Waals surface area contributed by atoms with E-state index in [0.717, 1.165) is 12.6 Å². The van der Waals surface area contributed by atoms with Crippen molar-refractivity contribution in [3.63, 3.8) is 0 Å². The fourth-order valence-electron chi connectivity index (χ4n) is 3.11. The van der Waals surface area contributed by atoms with E-state index in [-0.39, 0.29) is 23.2 Å². The lowest BCUT2D eigenvalue weighted by atomic mass is 9.92. The molecule has 3 amide bonds. The summed E-state index contributed by atoms with van der Waals surface area (Å²) in [6.45, 7) is 2.46. The number of hydrogen-bond donors (Lipinski definition) is 4. The molecule has 27 heavy (non-hydrogen) atoms. The number of aromatic nitrogens is 1. The number of primary amides is 1. The van der Waals surface area contributed by atoms with Crippen molar-refractivity contribution in [3.05, 3.63) is 35.8 Å². The van der Waals surface area contributed by atoms with Crippen LogP contribution in [0.5, 0.6) is 0 Å². The van der Waals surface area contributed by atoms with Crippen molar-refractivity contribution >= 4 is 29.6 Å². The highest BCUT2D eigenvalue weighted by Gasteiger charge is 2.35. The maximum Gasteiger partial charge on any atom is 0.313 e. The van der Waals surface area contributed by atoms with Crippen molar-refractivity contribution in [1.29, 1.82) is 5.41 Å². The Balaban J connectivity index is 2.20. The van der Waals surface area contributed by atoms with E-state index in [0.29, 0.717) is 18.7 Å². The highest BCUT2D eigenvalue weighted by Crippen LogP contribution is 2.25. The summed E-state index contributed by atoms with van der Waals surface area (Å²) < 4.78 is 0. The summed E-state index contributed by atoms with van der Waals surface area (Å²) in [7, 11) is 1.72. The van der Waals surface area contributed by atoms with Crippen molar-refractivity contribution in [2.24, 2.45) is 11.7 Å². The Hall–Kier alpha value is -3.23. The number of allylic oxidation sites excluding steroid dienone is 1. The number of hydrogen-bond acceptors (Lipinski definition) is 6. The molecule has 9 heteroatoms. The Morgan fingerprint density at radius 3 is 2.70 bits per heavy atom. The van der Waals surface area contributed by atoms with Gasteiger partial charge in [-0.25, -0.2) is 0 Å². The van der Waals surface area contributed by atoms with Crippen molar-refractivity contribution in [1.82, 2.24) is 15.2 Å². The maximum absolute atomic E-state index is 12.8. The number of likely N-dealkylation sites (N-methyl/N-ethyl adjacent to an activating group) is 1. The largest absolute Gasteiger partial charge is 0.390 e. The minimum atomic E-state index is -0.817. The van der Waals surface area contributed by atoms with Gasteiger partial charge in [-0.1, -0.05) is 6.92 Å². The lowest BCUT2D eigenvalue weighted by molar-refractivity contribution is -0.145. The van der Waals surface area contributed by atoms with Crippen LogP contribution < -0.4 is 16.4 Å². The van der Waals surface area contributed by atoms with Crippen LogP contribution in [0.4, 0.5) is 5.69 Å². The zero-order chi connectivity index (χ0) is 20.0. The molecule has 9 nitrogen and oxygen atoms in total. The van der Waals surface area contributed by atoms with E-state index in [4.69, 9.17) is 11.1 Å². The fourth-order valence-corrected chi connectivity index (χ4v) is 3.11. The van der Waals surface area contributed by atoms with Crippen LogP contribution in [0, 0.1) is 11.3 Å². The normalized spacial score (nSPS) is 19.9. The third kappa shape index (κ3) is 4.90. The Bertz CT molecular complexity index is 776. The summed E-state index contributed by atoms with van der Waals surface area (Å²) in [4.78, 5) is 41.9. The van der Waals surface area contributed by atoms with Crippen LogP contribution in [0.15, 0.2) is 30.2 Å². The number of nitrogens with one attached hydrogen (secondary N) is 3. The molecule has 1 aromatic heterocycles. The third-order valence-corrected chi connectivity index (χ3v) is 4.46. The number of carbonyl (C=O) groups excluding carboxylic acids is 3. The van der Waals surface area contributed by atoms with E-state index < -0.39 is 17.7 Å². The molecular weight excluding hydrogens is 348 g/mol. The van der Waals surface area contributed by atoms with Gasteiger partial charge in [0.1, 0.15) is 0 Å². The van der Waals surface area contributed by atoms with Crippen LogP contribution in [0.1, 0.15) is 30.1 Å². The molecule has 0 aromatic carbocycles. The van der Waals surface area contributed by atoms with E-state index in [1.807, 2.05) is 6.92 Å². The number of rotatable bonds is 5. The van der Waals surface area contributed by atoms with E-state index in [2.05, 4.69) is 15.6 Å². The molecule has 1 saturated heterocycles. The average Bonchev–Trinajstić information content (AvgIpc) is 2.65. The topological polar surface area (TPSA) is 141 Å². The van der Waals surface area contributed by atoms with Gasteiger partial charge in [0.2, 0.25) is 5.91 Å². The molecule has 0 aliphatic carbocycles. The first-order chi connectivity index (χ1) is 12.9. The summed E-state index contributed by atoms with van der Waals surface area (Å²) in [5.74, 6) is -1.91. The number of pyridine rings is 1. The van der Waals surface area contributed by atoms with Gasteiger partial charge in [-0.05, 0) is 30.9 Å². The van der Waals surface area contributed by atoms with Crippen LogP contribution in [0.25, 0.3) is 0 Å². The Morgan fingerprint density at radius 2 is 2.07 bits per heavy atom. The van der Waals surface area contributed by atoms with E-state index >= 15 is 0 Å². The quantitative estimate of drug-likeness (QED) is 0.440. The molecule has 1 fully saturated rings. The molecule has 144 valence electrons. The standard InChI is InChI=1S/C18H24N6O3/c1-11-3-4-15(14(21-2)5-6-19)24(10-11)18(27)17(26)23-13-7-12(16(20)25)8-22-9-13/h5-9,11,15,19,21H,3-4,10H2,1-2H3,(H2,20,25)(H,23,26)/b14-5-,19-6?/t11-,15+/m1/s1. The first-order valence-electron chi connectivity index (χ1n) is 8.62. The predicted molar refractivity (Wildman–Crippen MR) is 101 cm³/mol. The van der Waals surface area contributed by atoms with Gasteiger partial charge in [0, 0.05) is 31.7 Å². The molecule has 2 atom stereocenters.